The van der Waals surface area contributed by atoms with Crippen LogP contribution < -0.4 is 0 Å². The molecule has 0 saturated carbocycles. The van der Waals surface area contributed by atoms with Crippen molar-refractivity contribution >= 4 is 29.7 Å². The van der Waals surface area contributed by atoms with Crippen LogP contribution in [0.2, 0.25) is 0 Å². The van der Waals surface area contributed by atoms with E-state index in [1.165, 1.54) is 11.0 Å². The first-order valence-electron chi connectivity index (χ1n) is 7.58. The molecule has 9 heteroatoms. The average Bonchev–Trinajstić information content (AvgIpc) is 2.73. The number of hydrogen-bond acceptors (Lipinski definition) is 5. The number of aliphatic carboxylic acids is 1. The number of urea groups is 1. The molecule has 1 N–H and O–H groups in total. The maximum atomic E-state index is 12.4. The fourth-order valence-electron chi connectivity index (χ4n) is 2.86. The number of likely N-dealkylation sites (tertiary alicyclic amines) is 1. The monoisotopic (exact) mass is 337 g/mol. The summed E-state index contributed by atoms with van der Waals surface area (Å²) in [6, 6.07) is -1.06. The highest BCUT2D eigenvalue weighted by Crippen LogP contribution is 2.23. The standard InChI is InChI=1S/C15H19N3O6/c1-3-6-16-12(20)13(21)18(15(16)24)8-11(19)17-7-10(14(22)23)5-4-9(17)2/h3,9-10H,1,4-8H2,2H3,(H,22,23). The number of nitrogens with zero attached hydrogens (tertiary/aromatic N) is 3. The van der Waals surface area contributed by atoms with E-state index in [0.717, 1.165) is 0 Å². The number of rotatable bonds is 5. The Bertz CT molecular complexity index is 616. The third-order valence-electron chi connectivity index (χ3n) is 4.29. The fourth-order valence-corrected chi connectivity index (χ4v) is 2.86. The molecule has 0 radical (unpaired) electrons. The van der Waals surface area contributed by atoms with Crippen molar-refractivity contribution in [1.29, 1.82) is 0 Å². The summed E-state index contributed by atoms with van der Waals surface area (Å²) in [7, 11) is 0. The van der Waals surface area contributed by atoms with Crippen LogP contribution in [-0.4, -0.2) is 75.2 Å². The smallest absolute Gasteiger partial charge is 0.335 e. The third-order valence-corrected chi connectivity index (χ3v) is 4.29. The molecule has 2 aliphatic heterocycles. The van der Waals surface area contributed by atoms with Gasteiger partial charge in [0.25, 0.3) is 0 Å². The predicted molar refractivity (Wildman–Crippen MR) is 80.6 cm³/mol. The molecule has 9 nitrogen and oxygen atoms in total. The van der Waals surface area contributed by atoms with Gasteiger partial charge in [-0.2, -0.15) is 0 Å². The molecule has 0 bridgehead atoms. The van der Waals surface area contributed by atoms with E-state index < -0.39 is 42.2 Å². The number of hydrogen-bond donors (Lipinski definition) is 1. The Morgan fingerprint density at radius 3 is 2.42 bits per heavy atom. The van der Waals surface area contributed by atoms with Gasteiger partial charge in [-0.1, -0.05) is 6.08 Å². The molecule has 2 heterocycles. The average molecular weight is 337 g/mol. The molecule has 2 atom stereocenters. The molecule has 2 aliphatic rings. The van der Waals surface area contributed by atoms with Crippen molar-refractivity contribution in [3.8, 4) is 0 Å². The molecule has 2 rings (SSSR count). The summed E-state index contributed by atoms with van der Waals surface area (Å²) in [5, 5.41) is 9.10. The number of imide groups is 2. The van der Waals surface area contributed by atoms with Crippen LogP contribution in [0.15, 0.2) is 12.7 Å². The lowest BCUT2D eigenvalue weighted by Crippen LogP contribution is -2.51. The van der Waals surface area contributed by atoms with Crippen LogP contribution in [-0.2, 0) is 19.2 Å². The number of carboxylic acids is 1. The van der Waals surface area contributed by atoms with Gasteiger partial charge in [-0.3, -0.25) is 24.1 Å². The molecule has 5 amide bonds. The molecule has 0 aromatic heterocycles. The minimum atomic E-state index is -1.06. The van der Waals surface area contributed by atoms with Gasteiger partial charge in [0.2, 0.25) is 5.91 Å². The lowest BCUT2D eigenvalue weighted by molar-refractivity contribution is -0.149. The van der Waals surface area contributed by atoms with E-state index in [9.17, 15) is 24.0 Å². The summed E-state index contributed by atoms with van der Waals surface area (Å²) < 4.78 is 0. The van der Waals surface area contributed by atoms with Gasteiger partial charge in [0.15, 0.2) is 0 Å². The van der Waals surface area contributed by atoms with E-state index in [1.807, 2.05) is 0 Å². The van der Waals surface area contributed by atoms with Crippen LogP contribution in [0.25, 0.3) is 0 Å². The molecule has 0 aliphatic carbocycles. The molecule has 24 heavy (non-hydrogen) atoms. The summed E-state index contributed by atoms with van der Waals surface area (Å²) in [5.41, 5.74) is 0. The summed E-state index contributed by atoms with van der Waals surface area (Å²) in [5.74, 6) is -4.27. The number of carboxylic acid groups (broad SMARTS) is 1. The van der Waals surface area contributed by atoms with E-state index >= 15 is 0 Å². The molecule has 0 aromatic rings. The van der Waals surface area contributed by atoms with Gasteiger partial charge in [0, 0.05) is 19.1 Å². The highest BCUT2D eigenvalue weighted by atomic mass is 16.4. The second-order valence-corrected chi connectivity index (χ2v) is 5.89. The van der Waals surface area contributed by atoms with Crippen LogP contribution in [0.5, 0.6) is 0 Å². The quantitative estimate of drug-likeness (QED) is 0.417. The molecular formula is C15H19N3O6. The second kappa shape index (κ2) is 6.81. The van der Waals surface area contributed by atoms with Crippen LogP contribution in [0.4, 0.5) is 4.79 Å². The SMILES string of the molecule is C=CCN1C(=O)C(=O)N(CC(=O)N2CC(C(=O)O)CCC2C)C1=O. The van der Waals surface area contributed by atoms with Crippen LogP contribution in [0, 0.1) is 5.92 Å². The van der Waals surface area contributed by atoms with E-state index in [4.69, 9.17) is 5.11 Å². The van der Waals surface area contributed by atoms with Gasteiger partial charge >= 0.3 is 23.8 Å². The first kappa shape index (κ1) is 17.6. The Hall–Kier alpha value is -2.71. The summed E-state index contributed by atoms with van der Waals surface area (Å²) in [4.78, 5) is 61.9. The Labute approximate surface area is 138 Å². The molecular weight excluding hydrogens is 318 g/mol. The van der Waals surface area contributed by atoms with E-state index in [1.54, 1.807) is 6.92 Å². The van der Waals surface area contributed by atoms with Crippen molar-refractivity contribution in [2.75, 3.05) is 19.6 Å². The molecule has 0 spiro atoms. The third kappa shape index (κ3) is 3.15. The lowest BCUT2D eigenvalue weighted by Gasteiger charge is -2.37. The number of piperidine rings is 1. The van der Waals surface area contributed by atoms with Gasteiger partial charge in [-0.15, -0.1) is 6.58 Å². The normalized spacial score (nSPS) is 24.5. The lowest BCUT2D eigenvalue weighted by atomic mass is 9.93. The molecule has 130 valence electrons. The highest BCUT2D eigenvalue weighted by Gasteiger charge is 2.45. The first-order chi connectivity index (χ1) is 11.3. The summed E-state index contributed by atoms with van der Waals surface area (Å²) >= 11 is 0. The van der Waals surface area contributed by atoms with Gasteiger partial charge < -0.3 is 10.0 Å². The van der Waals surface area contributed by atoms with Crippen molar-refractivity contribution < 1.29 is 29.1 Å². The summed E-state index contributed by atoms with van der Waals surface area (Å²) in [6.45, 7) is 4.51. The van der Waals surface area contributed by atoms with Crippen molar-refractivity contribution in [3.05, 3.63) is 12.7 Å². The van der Waals surface area contributed by atoms with Crippen LogP contribution in [0.3, 0.4) is 0 Å². The zero-order valence-electron chi connectivity index (χ0n) is 13.3. The fraction of sp³-hybridized carbons (Fsp3) is 0.533. The zero-order chi connectivity index (χ0) is 18.0. The molecule has 2 fully saturated rings. The summed E-state index contributed by atoms with van der Waals surface area (Å²) in [6.07, 6.45) is 2.29. The van der Waals surface area contributed by atoms with Crippen molar-refractivity contribution in [1.82, 2.24) is 14.7 Å². The van der Waals surface area contributed by atoms with Crippen molar-refractivity contribution in [3.63, 3.8) is 0 Å². The topological polar surface area (TPSA) is 115 Å². The molecule has 2 unspecified atom stereocenters. The maximum absolute atomic E-state index is 12.4. The Kier molecular flexibility index (Phi) is 5.01. The predicted octanol–water partition coefficient (Wildman–Crippen LogP) is -0.325. The van der Waals surface area contributed by atoms with E-state index in [2.05, 4.69) is 6.58 Å². The van der Waals surface area contributed by atoms with Crippen LogP contribution in [0.1, 0.15) is 19.8 Å². The Balaban J connectivity index is 2.09. The second-order valence-electron chi connectivity index (χ2n) is 5.89. The largest absolute Gasteiger partial charge is 0.481 e. The first-order valence-corrected chi connectivity index (χ1v) is 7.58. The Morgan fingerprint density at radius 2 is 1.83 bits per heavy atom. The van der Waals surface area contributed by atoms with Crippen LogP contribution >= 0.6 is 0 Å². The Morgan fingerprint density at radius 1 is 1.21 bits per heavy atom. The molecule has 0 aromatic carbocycles. The highest BCUT2D eigenvalue weighted by molar-refractivity contribution is 6.45. The number of carbonyl (C=O) groups excluding carboxylic acids is 4. The number of carbonyl (C=O) groups is 5. The number of amides is 5. The minimum absolute atomic E-state index is 0.0237. The molecule has 2 saturated heterocycles. The maximum Gasteiger partial charge on any atom is 0.335 e. The van der Waals surface area contributed by atoms with E-state index in [0.29, 0.717) is 22.6 Å². The van der Waals surface area contributed by atoms with Crippen molar-refractivity contribution in [2.24, 2.45) is 5.92 Å². The van der Waals surface area contributed by atoms with Gasteiger partial charge in [0.05, 0.1) is 5.92 Å². The minimum Gasteiger partial charge on any atom is -0.481 e. The zero-order valence-corrected chi connectivity index (χ0v) is 13.3. The van der Waals surface area contributed by atoms with E-state index in [-0.39, 0.29) is 19.1 Å². The van der Waals surface area contributed by atoms with Gasteiger partial charge in [-0.25, -0.2) is 9.69 Å². The van der Waals surface area contributed by atoms with Gasteiger partial charge in [0.1, 0.15) is 6.54 Å². The van der Waals surface area contributed by atoms with Crippen molar-refractivity contribution in [2.45, 2.75) is 25.8 Å². The van der Waals surface area contributed by atoms with Gasteiger partial charge in [-0.05, 0) is 19.8 Å².